The highest BCUT2D eigenvalue weighted by atomic mass is 35.5. The van der Waals surface area contributed by atoms with Gasteiger partial charge in [-0.2, -0.15) is 4.98 Å². The molecule has 118 valence electrons. The predicted octanol–water partition coefficient (Wildman–Crippen LogP) is 3.67. The van der Waals surface area contributed by atoms with Crippen LogP contribution in [0.5, 0.6) is 0 Å². The lowest BCUT2D eigenvalue weighted by molar-refractivity contribution is 0.424. The van der Waals surface area contributed by atoms with Crippen molar-refractivity contribution in [1.82, 2.24) is 10.1 Å². The normalized spacial score (nSPS) is 11.6. The summed E-state index contributed by atoms with van der Waals surface area (Å²) >= 11 is 5.82. The molecule has 3 rings (SSSR count). The molecule has 0 spiro atoms. The number of sulfone groups is 1. The van der Waals surface area contributed by atoms with E-state index in [1.54, 1.807) is 48.5 Å². The molecule has 0 bridgehead atoms. The minimum absolute atomic E-state index is 0.121. The van der Waals surface area contributed by atoms with E-state index in [2.05, 4.69) is 10.1 Å². The smallest absolute Gasteiger partial charge is 0.257 e. The van der Waals surface area contributed by atoms with Gasteiger partial charge in [0.15, 0.2) is 15.7 Å². The number of benzene rings is 2. The van der Waals surface area contributed by atoms with Crippen LogP contribution >= 0.6 is 11.6 Å². The average Bonchev–Trinajstić information content (AvgIpc) is 2.96. The lowest BCUT2D eigenvalue weighted by atomic mass is 10.2. The van der Waals surface area contributed by atoms with Crippen molar-refractivity contribution in [3.8, 4) is 11.5 Å². The quantitative estimate of drug-likeness (QED) is 0.719. The summed E-state index contributed by atoms with van der Waals surface area (Å²) < 4.78 is 29.9. The van der Waals surface area contributed by atoms with Crippen molar-refractivity contribution in [2.45, 2.75) is 17.6 Å². The van der Waals surface area contributed by atoms with Crippen molar-refractivity contribution in [2.75, 3.05) is 0 Å². The second kappa shape index (κ2) is 6.14. The lowest BCUT2D eigenvalue weighted by Crippen LogP contribution is -2.06. The molecule has 0 saturated carbocycles. The van der Waals surface area contributed by atoms with Gasteiger partial charge in [0.1, 0.15) is 5.75 Å². The first kappa shape index (κ1) is 15.7. The Kier molecular flexibility index (Phi) is 4.19. The minimum Gasteiger partial charge on any atom is -0.334 e. The topological polar surface area (TPSA) is 73.1 Å². The second-order valence-corrected chi connectivity index (χ2v) is 7.52. The molecule has 0 N–H and O–H groups in total. The molecule has 0 radical (unpaired) electrons. The number of aromatic nitrogens is 2. The van der Waals surface area contributed by atoms with E-state index in [1.165, 1.54) is 0 Å². The molecule has 1 aromatic heterocycles. The molecular weight excluding hydrogens is 336 g/mol. The number of rotatable bonds is 4. The Morgan fingerprint density at radius 3 is 2.35 bits per heavy atom. The summed E-state index contributed by atoms with van der Waals surface area (Å²) in [6, 6.07) is 13.5. The molecular formula is C16H13ClN2O3S. The Bertz CT molecular complexity index is 917. The molecule has 0 aliphatic heterocycles. The third-order valence-corrected chi connectivity index (χ3v) is 5.14. The second-order valence-electron chi connectivity index (χ2n) is 5.09. The van der Waals surface area contributed by atoms with Crippen LogP contribution in [-0.4, -0.2) is 18.6 Å². The number of hydrogen-bond acceptors (Lipinski definition) is 5. The molecule has 0 aliphatic carbocycles. The highest BCUT2D eigenvalue weighted by molar-refractivity contribution is 7.90. The third-order valence-electron chi connectivity index (χ3n) is 3.26. The first-order chi connectivity index (χ1) is 10.9. The molecule has 0 amide bonds. The molecule has 0 atom stereocenters. The Hall–Kier alpha value is -2.18. The summed E-state index contributed by atoms with van der Waals surface area (Å²) in [5, 5.41) is 4.34. The molecule has 1 heterocycles. The Morgan fingerprint density at radius 1 is 1.04 bits per heavy atom. The molecule has 0 saturated heterocycles. The van der Waals surface area contributed by atoms with Gasteiger partial charge in [-0.1, -0.05) is 34.5 Å². The molecule has 2 aromatic carbocycles. The van der Waals surface area contributed by atoms with Gasteiger partial charge in [-0.05, 0) is 43.3 Å². The SMILES string of the molecule is Cc1ccc(S(=O)(=O)Cc2noc(-c3ccc(Cl)cc3)n2)cc1. The maximum Gasteiger partial charge on any atom is 0.257 e. The number of nitrogens with zero attached hydrogens (tertiary/aromatic N) is 2. The fraction of sp³-hybridized carbons (Fsp3) is 0.125. The van der Waals surface area contributed by atoms with Crippen LogP contribution in [0, 0.1) is 6.92 Å². The van der Waals surface area contributed by atoms with E-state index in [9.17, 15) is 8.42 Å². The van der Waals surface area contributed by atoms with Gasteiger partial charge in [0.05, 0.1) is 4.90 Å². The molecule has 7 heteroatoms. The summed E-state index contributed by atoms with van der Waals surface area (Å²) in [7, 11) is -3.51. The standard InChI is InChI=1S/C16H13ClN2O3S/c1-11-2-8-14(9-3-11)23(20,21)10-15-18-16(22-19-15)12-4-6-13(17)7-5-12/h2-9H,10H2,1H3. The molecule has 0 unspecified atom stereocenters. The monoisotopic (exact) mass is 348 g/mol. The van der Waals surface area contributed by atoms with Crippen molar-refractivity contribution < 1.29 is 12.9 Å². The molecule has 5 nitrogen and oxygen atoms in total. The van der Waals surface area contributed by atoms with E-state index >= 15 is 0 Å². The Balaban J connectivity index is 1.83. The first-order valence-corrected chi connectivity index (χ1v) is 8.85. The molecule has 0 fully saturated rings. The lowest BCUT2D eigenvalue weighted by Gasteiger charge is -2.01. The van der Waals surface area contributed by atoms with Gasteiger partial charge in [0.25, 0.3) is 5.89 Å². The van der Waals surface area contributed by atoms with Crippen LogP contribution in [0.15, 0.2) is 57.9 Å². The van der Waals surface area contributed by atoms with Crippen LogP contribution in [0.3, 0.4) is 0 Å². The summed E-state index contributed by atoms with van der Waals surface area (Å²) in [4.78, 5) is 4.38. The predicted molar refractivity (Wildman–Crippen MR) is 86.8 cm³/mol. The molecule has 23 heavy (non-hydrogen) atoms. The Morgan fingerprint density at radius 2 is 1.70 bits per heavy atom. The third kappa shape index (κ3) is 3.60. The van der Waals surface area contributed by atoms with Crippen molar-refractivity contribution in [2.24, 2.45) is 0 Å². The van der Waals surface area contributed by atoms with Gasteiger partial charge in [0, 0.05) is 10.6 Å². The molecule has 3 aromatic rings. The minimum atomic E-state index is -3.51. The fourth-order valence-corrected chi connectivity index (χ4v) is 3.32. The van der Waals surface area contributed by atoms with Crippen LogP contribution in [-0.2, 0) is 15.6 Å². The van der Waals surface area contributed by atoms with E-state index in [1.807, 2.05) is 6.92 Å². The van der Waals surface area contributed by atoms with Gasteiger partial charge in [0.2, 0.25) is 0 Å². The summed E-state index contributed by atoms with van der Waals surface area (Å²) in [5.41, 5.74) is 1.68. The van der Waals surface area contributed by atoms with Crippen molar-refractivity contribution >= 4 is 21.4 Å². The van der Waals surface area contributed by atoms with Gasteiger partial charge >= 0.3 is 0 Å². The van der Waals surface area contributed by atoms with Crippen molar-refractivity contribution in [1.29, 1.82) is 0 Å². The van der Waals surface area contributed by atoms with Crippen LogP contribution < -0.4 is 0 Å². The highest BCUT2D eigenvalue weighted by Crippen LogP contribution is 2.21. The summed E-state index contributed by atoms with van der Waals surface area (Å²) in [6.45, 7) is 1.90. The van der Waals surface area contributed by atoms with Gasteiger partial charge < -0.3 is 4.52 Å². The van der Waals surface area contributed by atoms with E-state index in [4.69, 9.17) is 16.1 Å². The Labute approximate surface area is 138 Å². The van der Waals surface area contributed by atoms with E-state index < -0.39 is 9.84 Å². The van der Waals surface area contributed by atoms with Gasteiger partial charge in [-0.15, -0.1) is 0 Å². The maximum absolute atomic E-state index is 12.4. The van der Waals surface area contributed by atoms with E-state index in [0.717, 1.165) is 5.56 Å². The van der Waals surface area contributed by atoms with Crippen LogP contribution in [0.2, 0.25) is 5.02 Å². The van der Waals surface area contributed by atoms with Crippen molar-refractivity contribution in [3.63, 3.8) is 0 Å². The number of hydrogen-bond donors (Lipinski definition) is 0. The fourth-order valence-electron chi connectivity index (χ4n) is 2.02. The van der Waals surface area contributed by atoms with E-state index in [-0.39, 0.29) is 22.4 Å². The maximum atomic E-state index is 12.4. The van der Waals surface area contributed by atoms with Crippen LogP contribution in [0.4, 0.5) is 0 Å². The number of aryl methyl sites for hydroxylation is 1. The summed E-state index contributed by atoms with van der Waals surface area (Å²) in [6.07, 6.45) is 0. The zero-order valence-corrected chi connectivity index (χ0v) is 13.8. The van der Waals surface area contributed by atoms with Gasteiger partial charge in [-0.3, -0.25) is 0 Å². The largest absolute Gasteiger partial charge is 0.334 e. The molecule has 0 aliphatic rings. The zero-order chi connectivity index (χ0) is 16.4. The average molecular weight is 349 g/mol. The van der Waals surface area contributed by atoms with Crippen molar-refractivity contribution in [3.05, 3.63) is 64.9 Å². The highest BCUT2D eigenvalue weighted by Gasteiger charge is 2.19. The van der Waals surface area contributed by atoms with Crippen LogP contribution in [0.25, 0.3) is 11.5 Å². The first-order valence-electron chi connectivity index (χ1n) is 6.82. The summed E-state index contributed by atoms with van der Waals surface area (Å²) in [5.74, 6) is 0.0685. The van der Waals surface area contributed by atoms with Crippen LogP contribution in [0.1, 0.15) is 11.4 Å². The van der Waals surface area contributed by atoms with E-state index in [0.29, 0.717) is 10.6 Å². The van der Waals surface area contributed by atoms with Gasteiger partial charge in [-0.25, -0.2) is 8.42 Å². The number of halogens is 1. The zero-order valence-electron chi connectivity index (χ0n) is 12.2.